The van der Waals surface area contributed by atoms with Gasteiger partial charge in [-0.1, -0.05) is 6.92 Å². The molecule has 6 nitrogen and oxygen atoms in total. The summed E-state index contributed by atoms with van der Waals surface area (Å²) in [4.78, 5) is 28.9. The molecule has 0 radical (unpaired) electrons. The first-order chi connectivity index (χ1) is 11.6. The number of carbonyl (C=O) groups is 2. The number of fused-ring (bicyclic) bond motifs is 1. The van der Waals surface area contributed by atoms with E-state index in [4.69, 9.17) is 0 Å². The summed E-state index contributed by atoms with van der Waals surface area (Å²) in [6.45, 7) is 5.35. The number of carbonyl (C=O) groups excluding carboxylic acids is 2. The fraction of sp³-hybridized carbons (Fsp3) is 0.556. The zero-order valence-corrected chi connectivity index (χ0v) is 16.9. The molecule has 0 aliphatic carbocycles. The number of hydrogen-bond donors (Lipinski definition) is 2. The Kier molecular flexibility index (Phi) is 8.67. The number of halogens is 2. The second kappa shape index (κ2) is 10.00. The quantitative estimate of drug-likeness (QED) is 0.811. The lowest BCUT2D eigenvalue weighted by atomic mass is 10.1. The van der Waals surface area contributed by atoms with Gasteiger partial charge in [-0.05, 0) is 37.6 Å². The predicted molar refractivity (Wildman–Crippen MR) is 110 cm³/mol. The van der Waals surface area contributed by atoms with E-state index in [2.05, 4.69) is 17.6 Å². The number of anilines is 2. The van der Waals surface area contributed by atoms with Gasteiger partial charge in [0.2, 0.25) is 5.91 Å². The molecule has 1 atom stereocenters. The standard InChI is InChI=1S/C18H26N4O2.2ClH/c1-3-9-22(14-6-8-19-12-14)18(24)13-4-5-16-15(11-13)20-17(23)7-10-21(16)2;;/h4-5,11,14,19H,3,6-10,12H2,1-2H3,(H,20,23);2*1H. The van der Waals surface area contributed by atoms with Crippen LogP contribution in [-0.4, -0.2) is 56.0 Å². The maximum atomic E-state index is 13.0. The van der Waals surface area contributed by atoms with E-state index in [1.165, 1.54) is 0 Å². The third kappa shape index (κ3) is 4.81. The highest BCUT2D eigenvalue weighted by atomic mass is 35.5. The van der Waals surface area contributed by atoms with Gasteiger partial charge in [0.15, 0.2) is 0 Å². The Morgan fingerprint density at radius 1 is 1.35 bits per heavy atom. The van der Waals surface area contributed by atoms with Crippen LogP contribution in [0.3, 0.4) is 0 Å². The average molecular weight is 403 g/mol. The molecule has 1 fully saturated rings. The third-order valence-corrected chi connectivity index (χ3v) is 4.80. The number of hydrogen-bond acceptors (Lipinski definition) is 4. The van der Waals surface area contributed by atoms with E-state index in [0.717, 1.165) is 43.9 Å². The summed E-state index contributed by atoms with van der Waals surface area (Å²) in [7, 11) is 1.97. The van der Waals surface area contributed by atoms with E-state index < -0.39 is 0 Å². The average Bonchev–Trinajstić information content (AvgIpc) is 3.06. The lowest BCUT2D eigenvalue weighted by Gasteiger charge is -2.29. The van der Waals surface area contributed by atoms with Crippen molar-refractivity contribution in [2.45, 2.75) is 32.2 Å². The van der Waals surface area contributed by atoms with E-state index in [9.17, 15) is 9.59 Å². The molecular formula is C18H28Cl2N4O2. The maximum absolute atomic E-state index is 13.0. The van der Waals surface area contributed by atoms with Crippen molar-refractivity contribution in [2.75, 3.05) is 43.4 Å². The zero-order valence-electron chi connectivity index (χ0n) is 15.3. The number of amides is 2. The number of rotatable bonds is 4. The summed E-state index contributed by atoms with van der Waals surface area (Å²) in [5.74, 6) is 0.0464. The van der Waals surface area contributed by atoms with E-state index in [1.807, 2.05) is 35.0 Å². The molecule has 2 aliphatic rings. The lowest BCUT2D eigenvalue weighted by molar-refractivity contribution is -0.115. The summed E-state index contributed by atoms with van der Waals surface area (Å²) in [6.07, 6.45) is 2.40. The Bertz CT molecular complexity index is 636. The summed E-state index contributed by atoms with van der Waals surface area (Å²) in [5, 5.41) is 6.25. The molecule has 2 heterocycles. The van der Waals surface area contributed by atoms with Gasteiger partial charge < -0.3 is 20.4 Å². The van der Waals surface area contributed by atoms with Crippen LogP contribution in [0.4, 0.5) is 11.4 Å². The summed E-state index contributed by atoms with van der Waals surface area (Å²) in [5.41, 5.74) is 2.33. The first-order valence-electron chi connectivity index (χ1n) is 8.77. The van der Waals surface area contributed by atoms with Crippen LogP contribution in [0.2, 0.25) is 0 Å². The second-order valence-corrected chi connectivity index (χ2v) is 6.60. The van der Waals surface area contributed by atoms with Gasteiger partial charge in [-0.15, -0.1) is 24.8 Å². The van der Waals surface area contributed by atoms with E-state index in [-0.39, 0.29) is 42.7 Å². The highest BCUT2D eigenvalue weighted by Crippen LogP contribution is 2.29. The topological polar surface area (TPSA) is 64.7 Å². The molecular weight excluding hydrogens is 375 g/mol. The number of nitrogens with one attached hydrogen (secondary N) is 2. The molecule has 0 bridgehead atoms. The molecule has 3 rings (SSSR count). The van der Waals surface area contributed by atoms with Gasteiger partial charge in [-0.3, -0.25) is 9.59 Å². The van der Waals surface area contributed by atoms with Crippen molar-refractivity contribution in [3.05, 3.63) is 23.8 Å². The van der Waals surface area contributed by atoms with Crippen molar-refractivity contribution >= 4 is 48.0 Å². The van der Waals surface area contributed by atoms with Gasteiger partial charge in [0.25, 0.3) is 5.91 Å². The first-order valence-corrected chi connectivity index (χ1v) is 8.77. The molecule has 1 saturated heterocycles. The minimum atomic E-state index is -0.00407. The first kappa shape index (κ1) is 22.5. The molecule has 146 valence electrons. The number of nitrogens with zero attached hydrogens (tertiary/aromatic N) is 2. The molecule has 26 heavy (non-hydrogen) atoms. The predicted octanol–water partition coefficient (Wildman–Crippen LogP) is 2.52. The van der Waals surface area contributed by atoms with Crippen molar-refractivity contribution in [1.29, 1.82) is 0 Å². The second-order valence-electron chi connectivity index (χ2n) is 6.60. The van der Waals surface area contributed by atoms with Gasteiger partial charge in [0.1, 0.15) is 0 Å². The van der Waals surface area contributed by atoms with Crippen LogP contribution in [0.5, 0.6) is 0 Å². The van der Waals surface area contributed by atoms with Crippen LogP contribution < -0.4 is 15.5 Å². The Morgan fingerprint density at radius 3 is 2.77 bits per heavy atom. The normalized spacial score (nSPS) is 18.8. The highest BCUT2D eigenvalue weighted by molar-refractivity contribution is 6.01. The smallest absolute Gasteiger partial charge is 0.254 e. The Hall–Kier alpha value is -1.50. The van der Waals surface area contributed by atoms with Gasteiger partial charge in [-0.2, -0.15) is 0 Å². The van der Waals surface area contributed by atoms with Gasteiger partial charge in [-0.25, -0.2) is 0 Å². The molecule has 2 amide bonds. The minimum Gasteiger partial charge on any atom is -0.372 e. The van der Waals surface area contributed by atoms with Gasteiger partial charge in [0, 0.05) is 44.7 Å². The van der Waals surface area contributed by atoms with Crippen LogP contribution in [0.1, 0.15) is 36.5 Å². The van der Waals surface area contributed by atoms with Crippen molar-refractivity contribution in [3.63, 3.8) is 0 Å². The molecule has 1 unspecified atom stereocenters. The minimum absolute atomic E-state index is 0. The van der Waals surface area contributed by atoms with Crippen molar-refractivity contribution in [3.8, 4) is 0 Å². The third-order valence-electron chi connectivity index (χ3n) is 4.80. The van der Waals surface area contributed by atoms with E-state index >= 15 is 0 Å². The van der Waals surface area contributed by atoms with Crippen LogP contribution in [-0.2, 0) is 4.79 Å². The Balaban J connectivity index is 0.00000169. The molecule has 1 aromatic rings. The Morgan fingerprint density at radius 2 is 2.12 bits per heavy atom. The summed E-state index contributed by atoms with van der Waals surface area (Å²) >= 11 is 0. The zero-order chi connectivity index (χ0) is 17.1. The monoisotopic (exact) mass is 402 g/mol. The molecule has 1 aromatic carbocycles. The molecule has 0 aromatic heterocycles. The van der Waals surface area contributed by atoms with E-state index in [0.29, 0.717) is 18.5 Å². The van der Waals surface area contributed by atoms with Crippen molar-refractivity contribution < 1.29 is 9.59 Å². The SMILES string of the molecule is CCCN(C(=O)c1ccc2c(c1)NC(=O)CCN2C)C1CCNC1.Cl.Cl. The fourth-order valence-electron chi connectivity index (χ4n) is 3.47. The van der Waals surface area contributed by atoms with Crippen LogP contribution in [0, 0.1) is 0 Å². The Labute approximate surface area is 167 Å². The highest BCUT2D eigenvalue weighted by Gasteiger charge is 2.27. The molecule has 0 saturated carbocycles. The molecule has 8 heteroatoms. The lowest BCUT2D eigenvalue weighted by Crippen LogP contribution is -2.42. The molecule has 0 spiro atoms. The van der Waals surface area contributed by atoms with Gasteiger partial charge in [0.05, 0.1) is 11.4 Å². The molecule has 2 N–H and O–H groups in total. The van der Waals surface area contributed by atoms with Crippen molar-refractivity contribution in [1.82, 2.24) is 10.2 Å². The largest absolute Gasteiger partial charge is 0.372 e. The van der Waals surface area contributed by atoms with Gasteiger partial charge >= 0.3 is 0 Å². The van der Waals surface area contributed by atoms with Crippen LogP contribution in [0.15, 0.2) is 18.2 Å². The van der Waals surface area contributed by atoms with Crippen LogP contribution >= 0.6 is 24.8 Å². The maximum Gasteiger partial charge on any atom is 0.254 e. The fourth-order valence-corrected chi connectivity index (χ4v) is 3.47. The van der Waals surface area contributed by atoms with Crippen LogP contribution in [0.25, 0.3) is 0 Å². The van der Waals surface area contributed by atoms with E-state index in [1.54, 1.807) is 0 Å². The summed E-state index contributed by atoms with van der Waals surface area (Å²) in [6, 6.07) is 5.89. The number of benzene rings is 1. The summed E-state index contributed by atoms with van der Waals surface area (Å²) < 4.78 is 0. The molecule has 2 aliphatic heterocycles. The van der Waals surface area contributed by atoms with Crippen molar-refractivity contribution in [2.24, 2.45) is 0 Å².